The summed E-state index contributed by atoms with van der Waals surface area (Å²) < 4.78 is 0. The van der Waals surface area contributed by atoms with E-state index in [1.165, 1.54) is 92.1 Å². The Hall–Kier alpha value is -1.89. The van der Waals surface area contributed by atoms with E-state index in [1.54, 1.807) is 0 Å². The van der Waals surface area contributed by atoms with Crippen LogP contribution in [-0.2, 0) is 4.79 Å². The second kappa shape index (κ2) is 10.0. The van der Waals surface area contributed by atoms with Gasteiger partial charge in [-0.2, -0.15) is 0 Å². The first kappa shape index (κ1) is 20.8. The molecule has 0 aliphatic heterocycles. The van der Waals surface area contributed by atoms with Crippen molar-refractivity contribution in [2.24, 2.45) is 0 Å². The Morgan fingerprint density at radius 2 is 1.36 bits per heavy atom. The molecule has 150 valence electrons. The van der Waals surface area contributed by atoms with Gasteiger partial charge in [-0.3, -0.25) is 4.79 Å². The van der Waals surface area contributed by atoms with Crippen molar-refractivity contribution < 1.29 is 4.79 Å². The Morgan fingerprint density at radius 1 is 0.750 bits per heavy atom. The Balaban J connectivity index is 1.56. The minimum absolute atomic E-state index is 0.218. The summed E-state index contributed by atoms with van der Waals surface area (Å²) in [7, 11) is 0. The van der Waals surface area contributed by atoms with Crippen LogP contribution >= 0.6 is 0 Å². The van der Waals surface area contributed by atoms with Crippen molar-refractivity contribution in [3.8, 4) is 0 Å². The zero-order valence-electron chi connectivity index (χ0n) is 18.1. The lowest BCUT2D eigenvalue weighted by Crippen LogP contribution is -2.14. The maximum absolute atomic E-state index is 12.8. The topological polar surface area (TPSA) is 17.1 Å². The predicted octanol–water partition coefficient (Wildman–Crippen LogP) is 8.07. The number of benzene rings is 1. The van der Waals surface area contributed by atoms with Crippen LogP contribution in [0.5, 0.6) is 0 Å². The molecule has 0 aromatic heterocycles. The van der Waals surface area contributed by atoms with E-state index in [4.69, 9.17) is 0 Å². The first-order chi connectivity index (χ1) is 13.6. The van der Waals surface area contributed by atoms with Gasteiger partial charge in [0.1, 0.15) is 0 Å². The lowest BCUT2D eigenvalue weighted by molar-refractivity contribution is -0.111. The molecule has 0 saturated heterocycles. The molecule has 0 N–H and O–H groups in total. The fourth-order valence-electron chi connectivity index (χ4n) is 4.62. The SMILES string of the molecule is CCCCCCCCCCCCC1=C2C(=Cc3ccccc32)C(=O)C(C)=C1C. The van der Waals surface area contributed by atoms with E-state index < -0.39 is 0 Å². The molecule has 0 amide bonds. The standard InChI is InChI=1S/C27H36O/c1-4-5-6-7-8-9-10-11-12-13-17-23-20(2)21(3)27(28)25-19-22-16-14-15-18-24(22)26(23)25/h14-16,18-19H,4-13,17H2,1-3H3. The molecule has 0 saturated carbocycles. The van der Waals surface area contributed by atoms with Crippen molar-refractivity contribution in [2.45, 2.75) is 91.4 Å². The number of ketones is 1. The summed E-state index contributed by atoms with van der Waals surface area (Å²) in [5, 5.41) is 0. The molecule has 1 nitrogen and oxygen atoms in total. The number of carbonyl (C=O) groups excluding carboxylic acids is 1. The highest BCUT2D eigenvalue weighted by molar-refractivity contribution is 6.26. The molecule has 0 heterocycles. The van der Waals surface area contributed by atoms with E-state index in [9.17, 15) is 4.79 Å². The average molecular weight is 377 g/mol. The van der Waals surface area contributed by atoms with Crippen LogP contribution in [-0.4, -0.2) is 5.78 Å². The molecule has 0 fully saturated rings. The second-order valence-electron chi connectivity index (χ2n) is 8.51. The molecule has 0 radical (unpaired) electrons. The largest absolute Gasteiger partial charge is 0.289 e. The number of allylic oxidation sites excluding steroid dienone is 5. The molecule has 1 heteroatoms. The summed E-state index contributed by atoms with van der Waals surface area (Å²) in [5.41, 5.74) is 8.15. The van der Waals surface area contributed by atoms with Crippen molar-refractivity contribution in [1.82, 2.24) is 0 Å². The molecule has 0 atom stereocenters. The molecular formula is C27H36O. The van der Waals surface area contributed by atoms with Gasteiger partial charge in [-0.15, -0.1) is 0 Å². The summed E-state index contributed by atoms with van der Waals surface area (Å²) >= 11 is 0. The third-order valence-electron chi connectivity index (χ3n) is 6.48. The Kier molecular flexibility index (Phi) is 7.48. The van der Waals surface area contributed by atoms with Crippen molar-refractivity contribution in [3.63, 3.8) is 0 Å². The van der Waals surface area contributed by atoms with E-state index >= 15 is 0 Å². The van der Waals surface area contributed by atoms with E-state index in [2.05, 4.69) is 44.2 Å². The molecule has 0 unspecified atom stereocenters. The van der Waals surface area contributed by atoms with E-state index in [0.29, 0.717) is 0 Å². The minimum Gasteiger partial charge on any atom is -0.289 e. The number of unbranched alkanes of at least 4 members (excludes halogenated alkanes) is 9. The van der Waals surface area contributed by atoms with Gasteiger partial charge in [-0.1, -0.05) is 89.0 Å². The zero-order chi connectivity index (χ0) is 19.9. The second-order valence-corrected chi connectivity index (χ2v) is 8.51. The van der Waals surface area contributed by atoms with Crippen LogP contribution in [0.2, 0.25) is 0 Å². The van der Waals surface area contributed by atoms with Crippen LogP contribution in [0.4, 0.5) is 0 Å². The number of hydrogen-bond donors (Lipinski definition) is 0. The van der Waals surface area contributed by atoms with Gasteiger partial charge in [0, 0.05) is 11.1 Å². The van der Waals surface area contributed by atoms with Crippen molar-refractivity contribution in [1.29, 1.82) is 0 Å². The van der Waals surface area contributed by atoms with Crippen molar-refractivity contribution in [3.05, 3.63) is 57.7 Å². The summed E-state index contributed by atoms with van der Waals surface area (Å²) in [6.07, 6.45) is 16.8. The molecule has 1 aromatic carbocycles. The van der Waals surface area contributed by atoms with Gasteiger partial charge in [0.2, 0.25) is 0 Å². The van der Waals surface area contributed by atoms with Crippen LogP contribution in [0.1, 0.15) is 103 Å². The fraction of sp³-hybridized carbons (Fsp3) is 0.519. The number of hydrogen-bond acceptors (Lipinski definition) is 1. The summed E-state index contributed by atoms with van der Waals surface area (Å²) in [5.74, 6) is 0.218. The van der Waals surface area contributed by atoms with Gasteiger partial charge in [0.15, 0.2) is 5.78 Å². The van der Waals surface area contributed by atoms with Crippen LogP contribution < -0.4 is 0 Å². The monoisotopic (exact) mass is 376 g/mol. The highest BCUT2D eigenvalue weighted by Gasteiger charge is 2.32. The summed E-state index contributed by atoms with van der Waals surface area (Å²) in [6, 6.07) is 8.46. The molecule has 2 aliphatic rings. The Morgan fingerprint density at radius 3 is 2.04 bits per heavy atom. The normalized spacial score (nSPS) is 15.8. The van der Waals surface area contributed by atoms with Crippen LogP contribution in [0.25, 0.3) is 11.6 Å². The molecule has 28 heavy (non-hydrogen) atoms. The van der Waals surface area contributed by atoms with Gasteiger partial charge in [-0.05, 0) is 60.6 Å². The van der Waals surface area contributed by atoms with Crippen molar-refractivity contribution in [2.75, 3.05) is 0 Å². The third-order valence-corrected chi connectivity index (χ3v) is 6.48. The first-order valence-corrected chi connectivity index (χ1v) is 11.4. The lowest BCUT2D eigenvalue weighted by Gasteiger charge is -2.23. The maximum atomic E-state index is 12.8. The number of carbonyl (C=O) groups is 1. The molecule has 0 spiro atoms. The van der Waals surface area contributed by atoms with Crippen molar-refractivity contribution >= 4 is 17.4 Å². The van der Waals surface area contributed by atoms with Gasteiger partial charge in [0.25, 0.3) is 0 Å². The summed E-state index contributed by atoms with van der Waals surface area (Å²) in [6.45, 7) is 6.42. The van der Waals surface area contributed by atoms with Gasteiger partial charge < -0.3 is 0 Å². The average Bonchev–Trinajstić information content (AvgIpc) is 3.09. The third kappa shape index (κ3) is 4.57. The van der Waals surface area contributed by atoms with Gasteiger partial charge in [0.05, 0.1) is 0 Å². The van der Waals surface area contributed by atoms with Gasteiger partial charge >= 0.3 is 0 Å². The molecular weight excluding hydrogens is 340 g/mol. The first-order valence-electron chi connectivity index (χ1n) is 11.4. The maximum Gasteiger partial charge on any atom is 0.189 e. The van der Waals surface area contributed by atoms with E-state index in [1.807, 2.05) is 6.92 Å². The highest BCUT2D eigenvalue weighted by Crippen LogP contribution is 2.45. The Bertz CT molecular complexity index is 803. The number of fused-ring (bicyclic) bond motifs is 3. The molecule has 0 bridgehead atoms. The Labute approximate surface area is 171 Å². The minimum atomic E-state index is 0.218. The van der Waals surface area contributed by atoms with Gasteiger partial charge in [-0.25, -0.2) is 0 Å². The van der Waals surface area contributed by atoms with Crippen LogP contribution in [0.3, 0.4) is 0 Å². The number of rotatable bonds is 11. The molecule has 1 aromatic rings. The van der Waals surface area contributed by atoms with E-state index in [0.717, 1.165) is 17.6 Å². The zero-order valence-corrected chi connectivity index (χ0v) is 18.1. The quantitative estimate of drug-likeness (QED) is 0.357. The van der Waals surface area contributed by atoms with Crippen LogP contribution in [0, 0.1) is 0 Å². The van der Waals surface area contributed by atoms with Crippen LogP contribution in [0.15, 0.2) is 46.6 Å². The summed E-state index contributed by atoms with van der Waals surface area (Å²) in [4.78, 5) is 12.8. The molecule has 3 rings (SSSR count). The fourth-order valence-corrected chi connectivity index (χ4v) is 4.62. The predicted molar refractivity (Wildman–Crippen MR) is 121 cm³/mol. The smallest absolute Gasteiger partial charge is 0.189 e. The highest BCUT2D eigenvalue weighted by atomic mass is 16.1. The lowest BCUT2D eigenvalue weighted by atomic mass is 9.80. The molecule has 2 aliphatic carbocycles. The number of Topliss-reactive ketones (excluding diaryl/α,β-unsaturated/α-hetero) is 1. The van der Waals surface area contributed by atoms with E-state index in [-0.39, 0.29) is 5.78 Å².